The van der Waals surface area contributed by atoms with Crippen LogP contribution < -0.4 is 10.5 Å². The molecule has 1 aromatic carbocycles. The fourth-order valence-electron chi connectivity index (χ4n) is 1.89. The summed E-state index contributed by atoms with van der Waals surface area (Å²) in [5, 5.41) is 0. The molecular weight excluding hydrogens is 219 g/mol. The Morgan fingerprint density at radius 1 is 1.38 bits per heavy atom. The number of benzene rings is 1. The molecule has 2 nitrogen and oxygen atoms in total. The zero-order chi connectivity index (χ0) is 11.8. The summed E-state index contributed by atoms with van der Waals surface area (Å²) in [6, 6.07) is 3.56. The minimum absolute atomic E-state index is 0.0361. The Balaban J connectivity index is 2.43. The fourth-order valence-corrected chi connectivity index (χ4v) is 1.89. The van der Waals surface area contributed by atoms with Crippen LogP contribution in [0.2, 0.25) is 0 Å². The SMILES string of the molecule is NCC1CCOc2ccc(C(F)(F)F)cc21. The predicted octanol–water partition coefficient (Wildman–Crippen LogP) is 2.53. The first-order valence-electron chi connectivity index (χ1n) is 5.06. The summed E-state index contributed by atoms with van der Waals surface area (Å²) in [6.07, 6.45) is -3.64. The number of halogens is 3. The summed E-state index contributed by atoms with van der Waals surface area (Å²) in [6.45, 7) is 0.859. The van der Waals surface area contributed by atoms with Gasteiger partial charge in [0, 0.05) is 5.92 Å². The second-order valence-electron chi connectivity index (χ2n) is 3.82. The smallest absolute Gasteiger partial charge is 0.416 e. The van der Waals surface area contributed by atoms with Crippen molar-refractivity contribution in [3.63, 3.8) is 0 Å². The molecule has 88 valence electrons. The summed E-state index contributed by atoms with van der Waals surface area (Å²) in [4.78, 5) is 0. The predicted molar refractivity (Wildman–Crippen MR) is 53.4 cm³/mol. The molecule has 16 heavy (non-hydrogen) atoms. The number of rotatable bonds is 1. The minimum atomic E-state index is -4.31. The molecule has 0 spiro atoms. The average Bonchev–Trinajstić information content (AvgIpc) is 2.26. The van der Waals surface area contributed by atoms with Gasteiger partial charge in [-0.25, -0.2) is 0 Å². The van der Waals surface area contributed by atoms with Gasteiger partial charge in [0.25, 0.3) is 0 Å². The zero-order valence-electron chi connectivity index (χ0n) is 8.55. The van der Waals surface area contributed by atoms with Gasteiger partial charge in [0.2, 0.25) is 0 Å². The molecule has 1 aliphatic heterocycles. The van der Waals surface area contributed by atoms with Gasteiger partial charge in [0.1, 0.15) is 5.75 Å². The summed E-state index contributed by atoms with van der Waals surface area (Å²) >= 11 is 0. The van der Waals surface area contributed by atoms with E-state index >= 15 is 0 Å². The lowest BCUT2D eigenvalue weighted by Gasteiger charge is -2.25. The molecule has 1 atom stereocenters. The number of alkyl halides is 3. The van der Waals surface area contributed by atoms with Crippen LogP contribution in [-0.2, 0) is 6.18 Å². The van der Waals surface area contributed by atoms with Crippen LogP contribution in [0.4, 0.5) is 13.2 Å². The van der Waals surface area contributed by atoms with E-state index in [1.165, 1.54) is 6.07 Å². The minimum Gasteiger partial charge on any atom is -0.493 e. The van der Waals surface area contributed by atoms with E-state index < -0.39 is 11.7 Å². The van der Waals surface area contributed by atoms with Crippen molar-refractivity contribution in [3.8, 4) is 5.75 Å². The van der Waals surface area contributed by atoms with Crippen molar-refractivity contribution in [2.45, 2.75) is 18.5 Å². The first-order valence-corrected chi connectivity index (χ1v) is 5.06. The fraction of sp³-hybridized carbons (Fsp3) is 0.455. The lowest BCUT2D eigenvalue weighted by Crippen LogP contribution is -2.21. The molecule has 0 radical (unpaired) electrons. The average molecular weight is 231 g/mol. The molecular formula is C11H12F3NO. The van der Waals surface area contributed by atoms with Crippen LogP contribution in [0.1, 0.15) is 23.5 Å². The van der Waals surface area contributed by atoms with E-state index in [-0.39, 0.29) is 5.92 Å². The third kappa shape index (κ3) is 2.00. The van der Waals surface area contributed by atoms with Gasteiger partial charge in [-0.3, -0.25) is 0 Å². The van der Waals surface area contributed by atoms with Crippen molar-refractivity contribution >= 4 is 0 Å². The summed E-state index contributed by atoms with van der Waals surface area (Å²) < 4.78 is 42.9. The van der Waals surface area contributed by atoms with E-state index in [0.29, 0.717) is 30.9 Å². The Kier molecular flexibility index (Phi) is 2.80. The first-order chi connectivity index (χ1) is 7.52. The third-order valence-corrected chi connectivity index (χ3v) is 2.79. The van der Waals surface area contributed by atoms with Gasteiger partial charge >= 0.3 is 6.18 Å². The normalized spacial score (nSPS) is 20.1. The molecule has 0 fully saturated rings. The maximum Gasteiger partial charge on any atom is 0.416 e. The second-order valence-corrected chi connectivity index (χ2v) is 3.82. The number of fused-ring (bicyclic) bond motifs is 1. The summed E-state index contributed by atoms with van der Waals surface area (Å²) in [5.41, 5.74) is 5.47. The maximum absolute atomic E-state index is 12.5. The van der Waals surface area contributed by atoms with Gasteiger partial charge in [-0.15, -0.1) is 0 Å². The van der Waals surface area contributed by atoms with E-state index in [2.05, 4.69) is 0 Å². The molecule has 0 bridgehead atoms. The van der Waals surface area contributed by atoms with Crippen molar-refractivity contribution in [1.82, 2.24) is 0 Å². The van der Waals surface area contributed by atoms with Gasteiger partial charge in [0.15, 0.2) is 0 Å². The molecule has 1 aromatic rings. The van der Waals surface area contributed by atoms with Crippen molar-refractivity contribution in [2.75, 3.05) is 13.2 Å². The monoisotopic (exact) mass is 231 g/mol. The molecule has 0 saturated heterocycles. The quantitative estimate of drug-likeness (QED) is 0.806. The van der Waals surface area contributed by atoms with Crippen LogP contribution in [0, 0.1) is 0 Å². The number of ether oxygens (including phenoxy) is 1. The maximum atomic E-state index is 12.5. The molecule has 2 N–H and O–H groups in total. The standard InChI is InChI=1S/C11H12F3NO/c12-11(13,14)8-1-2-10-9(5-8)7(6-15)3-4-16-10/h1-2,5,7H,3-4,6,15H2. The highest BCUT2D eigenvalue weighted by molar-refractivity contribution is 5.42. The van der Waals surface area contributed by atoms with Gasteiger partial charge in [-0.1, -0.05) is 0 Å². The van der Waals surface area contributed by atoms with Gasteiger partial charge in [-0.05, 0) is 36.7 Å². The number of nitrogens with two attached hydrogens (primary N) is 1. The Morgan fingerprint density at radius 3 is 2.75 bits per heavy atom. The van der Waals surface area contributed by atoms with Crippen molar-refractivity contribution in [2.24, 2.45) is 5.73 Å². The molecule has 0 aromatic heterocycles. The van der Waals surface area contributed by atoms with Crippen LogP contribution in [0.25, 0.3) is 0 Å². The van der Waals surface area contributed by atoms with Crippen LogP contribution in [0.3, 0.4) is 0 Å². The van der Waals surface area contributed by atoms with Crippen molar-refractivity contribution < 1.29 is 17.9 Å². The lowest BCUT2D eigenvalue weighted by atomic mass is 9.92. The first kappa shape index (κ1) is 11.3. The zero-order valence-corrected chi connectivity index (χ0v) is 8.55. The number of hydrogen-bond donors (Lipinski definition) is 1. The molecule has 0 amide bonds. The highest BCUT2D eigenvalue weighted by atomic mass is 19.4. The highest BCUT2D eigenvalue weighted by Crippen LogP contribution is 2.38. The largest absolute Gasteiger partial charge is 0.493 e. The van der Waals surface area contributed by atoms with Gasteiger partial charge in [-0.2, -0.15) is 13.2 Å². The van der Waals surface area contributed by atoms with Gasteiger partial charge < -0.3 is 10.5 Å². The van der Waals surface area contributed by atoms with Crippen LogP contribution in [0.15, 0.2) is 18.2 Å². The second kappa shape index (κ2) is 3.97. The topological polar surface area (TPSA) is 35.2 Å². The Hall–Kier alpha value is -1.23. The van der Waals surface area contributed by atoms with Crippen LogP contribution >= 0.6 is 0 Å². The van der Waals surface area contributed by atoms with Crippen molar-refractivity contribution in [1.29, 1.82) is 0 Å². The molecule has 5 heteroatoms. The summed E-state index contributed by atoms with van der Waals surface area (Å²) in [7, 11) is 0. The third-order valence-electron chi connectivity index (χ3n) is 2.79. The molecule has 0 aliphatic carbocycles. The molecule has 2 rings (SSSR count). The van der Waals surface area contributed by atoms with Crippen LogP contribution in [0.5, 0.6) is 5.75 Å². The number of hydrogen-bond acceptors (Lipinski definition) is 2. The Bertz CT molecular complexity index is 389. The molecule has 1 unspecified atom stereocenters. The lowest BCUT2D eigenvalue weighted by molar-refractivity contribution is -0.137. The Morgan fingerprint density at radius 2 is 2.12 bits per heavy atom. The Labute approximate surface area is 91.2 Å². The molecule has 1 heterocycles. The van der Waals surface area contributed by atoms with E-state index in [4.69, 9.17) is 10.5 Å². The van der Waals surface area contributed by atoms with Gasteiger partial charge in [0.05, 0.1) is 12.2 Å². The van der Waals surface area contributed by atoms with E-state index in [1.807, 2.05) is 0 Å². The summed E-state index contributed by atoms with van der Waals surface area (Å²) in [5.74, 6) is 0.487. The van der Waals surface area contributed by atoms with Crippen LogP contribution in [-0.4, -0.2) is 13.2 Å². The molecule has 1 aliphatic rings. The van der Waals surface area contributed by atoms with E-state index in [1.54, 1.807) is 0 Å². The molecule has 0 saturated carbocycles. The van der Waals surface area contributed by atoms with E-state index in [0.717, 1.165) is 12.1 Å². The highest BCUT2D eigenvalue weighted by Gasteiger charge is 2.32. The van der Waals surface area contributed by atoms with E-state index in [9.17, 15) is 13.2 Å². The van der Waals surface area contributed by atoms with Crippen molar-refractivity contribution in [3.05, 3.63) is 29.3 Å².